The molecule has 5 nitrogen and oxygen atoms in total. The van der Waals surface area contributed by atoms with Gasteiger partial charge in [0.1, 0.15) is 0 Å². The third-order valence-corrected chi connectivity index (χ3v) is 4.96. The van der Waals surface area contributed by atoms with Gasteiger partial charge in [0.05, 0.1) is 16.1 Å². The van der Waals surface area contributed by atoms with Crippen LogP contribution in [0.3, 0.4) is 0 Å². The zero-order valence-corrected chi connectivity index (χ0v) is 14.5. The molecule has 1 heterocycles. The number of para-hydroxylation sites is 1. The highest BCUT2D eigenvalue weighted by Gasteiger charge is 2.12. The normalized spacial score (nSPS) is 11.2. The minimum absolute atomic E-state index is 0.184. The quantitative estimate of drug-likeness (QED) is 0.766. The number of carbonyl (C=O) groups excluding carboxylic acids is 1. The van der Waals surface area contributed by atoms with Gasteiger partial charge in [-0.15, -0.1) is 0 Å². The molecule has 0 spiro atoms. The van der Waals surface area contributed by atoms with E-state index in [1.54, 1.807) is 30.3 Å². The average molecular weight is 354 g/mol. The molecule has 0 unspecified atom stereocenters. The third kappa shape index (κ3) is 3.97. The van der Waals surface area contributed by atoms with E-state index < -0.39 is 9.84 Å². The molecule has 3 aromatic rings. The molecule has 0 saturated carbocycles. The smallest absolute Gasteiger partial charge is 0.253 e. The number of nitrogens with one attached hydrogen (secondary N) is 1. The summed E-state index contributed by atoms with van der Waals surface area (Å²) in [5.74, 6) is -0.184. The van der Waals surface area contributed by atoms with Gasteiger partial charge in [-0.05, 0) is 42.0 Å². The van der Waals surface area contributed by atoms with Crippen LogP contribution in [-0.4, -0.2) is 25.1 Å². The summed E-state index contributed by atoms with van der Waals surface area (Å²) in [6.45, 7) is 0.322. The summed E-state index contributed by atoms with van der Waals surface area (Å²) in [4.78, 5) is 12.8. The van der Waals surface area contributed by atoms with Gasteiger partial charge < -0.3 is 9.88 Å². The molecule has 0 radical (unpaired) electrons. The molecular formula is C19H18N2O3S. The molecule has 25 heavy (non-hydrogen) atoms. The Morgan fingerprint density at radius 2 is 1.60 bits per heavy atom. The van der Waals surface area contributed by atoms with Crippen molar-refractivity contribution in [3.63, 3.8) is 0 Å². The number of hydrogen-bond acceptors (Lipinski definition) is 3. The molecule has 0 atom stereocenters. The number of rotatable bonds is 5. The van der Waals surface area contributed by atoms with E-state index in [0.29, 0.717) is 12.1 Å². The fraction of sp³-hybridized carbons (Fsp3) is 0.105. The Kier molecular flexibility index (Phi) is 4.72. The second kappa shape index (κ2) is 6.94. The lowest BCUT2D eigenvalue weighted by atomic mass is 10.1. The molecule has 128 valence electrons. The molecule has 3 rings (SSSR count). The van der Waals surface area contributed by atoms with Crippen LogP contribution in [-0.2, 0) is 16.4 Å². The fourth-order valence-corrected chi connectivity index (χ4v) is 3.15. The molecule has 6 heteroatoms. The highest BCUT2D eigenvalue weighted by molar-refractivity contribution is 7.90. The standard InChI is InChI=1S/C19H18N2O3S/c1-25(23,24)16-10-8-15(9-11-16)14-20-19(22)17-6-2-3-7-18(17)21-12-4-5-13-21/h2-13H,14H2,1H3,(H,20,22). The number of carbonyl (C=O) groups is 1. The van der Waals surface area contributed by atoms with Gasteiger partial charge in [-0.1, -0.05) is 24.3 Å². The first-order valence-corrected chi connectivity index (χ1v) is 9.64. The zero-order chi connectivity index (χ0) is 17.9. The molecule has 0 aliphatic rings. The van der Waals surface area contributed by atoms with Crippen molar-refractivity contribution >= 4 is 15.7 Å². The van der Waals surface area contributed by atoms with Crippen molar-refractivity contribution in [2.24, 2.45) is 0 Å². The van der Waals surface area contributed by atoms with Gasteiger partial charge in [-0.25, -0.2) is 8.42 Å². The lowest BCUT2D eigenvalue weighted by molar-refractivity contribution is 0.0951. The number of nitrogens with zero attached hydrogens (tertiary/aromatic N) is 1. The van der Waals surface area contributed by atoms with Crippen LogP contribution in [0.25, 0.3) is 5.69 Å². The van der Waals surface area contributed by atoms with E-state index in [1.165, 1.54) is 6.26 Å². The molecule has 0 aliphatic carbocycles. The molecule has 1 amide bonds. The van der Waals surface area contributed by atoms with Crippen LogP contribution in [0.15, 0.2) is 78.0 Å². The van der Waals surface area contributed by atoms with Crippen LogP contribution >= 0.6 is 0 Å². The van der Waals surface area contributed by atoms with Crippen molar-refractivity contribution in [3.8, 4) is 5.69 Å². The van der Waals surface area contributed by atoms with Gasteiger partial charge in [0, 0.05) is 25.2 Å². The fourth-order valence-electron chi connectivity index (χ4n) is 2.52. The van der Waals surface area contributed by atoms with E-state index in [4.69, 9.17) is 0 Å². The van der Waals surface area contributed by atoms with Gasteiger partial charge >= 0.3 is 0 Å². The first-order valence-electron chi connectivity index (χ1n) is 7.75. The highest BCUT2D eigenvalue weighted by atomic mass is 32.2. The number of aromatic nitrogens is 1. The van der Waals surface area contributed by atoms with Crippen molar-refractivity contribution < 1.29 is 13.2 Å². The van der Waals surface area contributed by atoms with Crippen LogP contribution in [0.5, 0.6) is 0 Å². The van der Waals surface area contributed by atoms with Gasteiger partial charge in [0.2, 0.25) is 0 Å². The molecule has 0 saturated heterocycles. The van der Waals surface area contributed by atoms with Gasteiger partial charge in [0.25, 0.3) is 5.91 Å². The molecule has 2 aromatic carbocycles. The lowest BCUT2D eigenvalue weighted by Crippen LogP contribution is -2.24. The van der Waals surface area contributed by atoms with Gasteiger partial charge in [0.15, 0.2) is 9.84 Å². The van der Waals surface area contributed by atoms with Crippen molar-refractivity contribution in [1.82, 2.24) is 9.88 Å². The monoisotopic (exact) mass is 354 g/mol. The van der Waals surface area contributed by atoms with E-state index in [2.05, 4.69) is 5.32 Å². The van der Waals surface area contributed by atoms with Crippen molar-refractivity contribution in [1.29, 1.82) is 0 Å². The van der Waals surface area contributed by atoms with Crippen LogP contribution in [0.4, 0.5) is 0 Å². The molecule has 0 aliphatic heterocycles. The first-order chi connectivity index (χ1) is 11.9. The topological polar surface area (TPSA) is 68.2 Å². The first kappa shape index (κ1) is 17.0. The van der Waals surface area contributed by atoms with Crippen LogP contribution in [0.1, 0.15) is 15.9 Å². The van der Waals surface area contributed by atoms with Gasteiger partial charge in [-0.3, -0.25) is 4.79 Å². The predicted octanol–water partition coefficient (Wildman–Crippen LogP) is 2.81. The maximum atomic E-state index is 12.5. The largest absolute Gasteiger partial charge is 0.348 e. The Hall–Kier alpha value is -2.86. The van der Waals surface area contributed by atoms with Crippen molar-refractivity contribution in [3.05, 3.63) is 84.2 Å². The van der Waals surface area contributed by atoms with Gasteiger partial charge in [-0.2, -0.15) is 0 Å². The Morgan fingerprint density at radius 1 is 0.960 bits per heavy atom. The van der Waals surface area contributed by atoms with Crippen LogP contribution < -0.4 is 5.32 Å². The summed E-state index contributed by atoms with van der Waals surface area (Å²) >= 11 is 0. The van der Waals surface area contributed by atoms with E-state index in [0.717, 1.165) is 11.3 Å². The van der Waals surface area contributed by atoms with E-state index >= 15 is 0 Å². The number of benzene rings is 2. The SMILES string of the molecule is CS(=O)(=O)c1ccc(CNC(=O)c2ccccc2-n2cccc2)cc1. The summed E-state index contributed by atoms with van der Waals surface area (Å²) in [7, 11) is -3.21. The van der Waals surface area contributed by atoms with E-state index in [1.807, 2.05) is 47.3 Å². The summed E-state index contributed by atoms with van der Waals surface area (Å²) in [5, 5.41) is 2.87. The minimum atomic E-state index is -3.21. The van der Waals surface area contributed by atoms with E-state index in [-0.39, 0.29) is 10.8 Å². The van der Waals surface area contributed by atoms with Crippen molar-refractivity contribution in [2.75, 3.05) is 6.26 Å². The minimum Gasteiger partial charge on any atom is -0.348 e. The predicted molar refractivity (Wildman–Crippen MR) is 96.5 cm³/mol. The number of sulfone groups is 1. The zero-order valence-electron chi connectivity index (χ0n) is 13.7. The third-order valence-electron chi connectivity index (χ3n) is 3.84. The molecule has 0 fully saturated rings. The highest BCUT2D eigenvalue weighted by Crippen LogP contribution is 2.15. The maximum Gasteiger partial charge on any atom is 0.253 e. The molecule has 1 N–H and O–H groups in total. The number of amides is 1. The molecular weight excluding hydrogens is 336 g/mol. The molecule has 0 bridgehead atoms. The van der Waals surface area contributed by atoms with Crippen LogP contribution in [0, 0.1) is 0 Å². The van der Waals surface area contributed by atoms with Crippen molar-refractivity contribution in [2.45, 2.75) is 11.4 Å². The summed E-state index contributed by atoms with van der Waals surface area (Å²) in [5.41, 5.74) is 2.21. The maximum absolute atomic E-state index is 12.5. The Bertz CT molecular complexity index is 976. The summed E-state index contributed by atoms with van der Waals surface area (Å²) < 4.78 is 24.8. The Morgan fingerprint density at radius 3 is 2.24 bits per heavy atom. The Balaban J connectivity index is 1.74. The second-order valence-corrected chi connectivity index (χ2v) is 7.72. The summed E-state index contributed by atoms with van der Waals surface area (Å²) in [6, 6.07) is 17.7. The second-order valence-electron chi connectivity index (χ2n) is 5.71. The Labute approximate surface area is 146 Å². The lowest BCUT2D eigenvalue weighted by Gasteiger charge is -2.11. The number of hydrogen-bond donors (Lipinski definition) is 1. The van der Waals surface area contributed by atoms with Crippen LogP contribution in [0.2, 0.25) is 0 Å². The average Bonchev–Trinajstić information content (AvgIpc) is 3.14. The summed E-state index contributed by atoms with van der Waals surface area (Å²) in [6.07, 6.45) is 4.94. The van der Waals surface area contributed by atoms with E-state index in [9.17, 15) is 13.2 Å². The molecule has 1 aromatic heterocycles.